The van der Waals surface area contributed by atoms with E-state index in [9.17, 15) is 4.79 Å². The van der Waals surface area contributed by atoms with Gasteiger partial charge in [0.05, 0.1) is 23.0 Å². The van der Waals surface area contributed by atoms with Crippen molar-refractivity contribution in [2.75, 3.05) is 29.9 Å². The van der Waals surface area contributed by atoms with Crippen LogP contribution in [0, 0.1) is 12.3 Å². The van der Waals surface area contributed by atoms with E-state index in [4.69, 9.17) is 18.0 Å². The maximum atomic E-state index is 11.6. The molecule has 0 bridgehead atoms. The molecule has 1 aromatic rings. The van der Waals surface area contributed by atoms with Gasteiger partial charge in [-0.15, -0.1) is 18.2 Å². The lowest BCUT2D eigenvalue weighted by molar-refractivity contribution is -0.115. The molecule has 18 heavy (non-hydrogen) atoms. The number of rotatable bonds is 7. The van der Waals surface area contributed by atoms with E-state index in [-0.39, 0.29) is 12.5 Å². The fourth-order valence-electron chi connectivity index (χ4n) is 1.23. The third-order valence-corrected chi connectivity index (χ3v) is 3.24. The maximum Gasteiger partial charge on any atom is 0.238 e. The number of benzene rings is 1. The molecular formula is C13H15ClN2OS. The van der Waals surface area contributed by atoms with Crippen molar-refractivity contribution in [2.45, 2.75) is 0 Å². The first-order valence-corrected chi connectivity index (χ1v) is 7.03. The van der Waals surface area contributed by atoms with Gasteiger partial charge < -0.3 is 10.6 Å². The molecule has 0 aliphatic heterocycles. The predicted molar refractivity (Wildman–Crippen MR) is 79.1 cm³/mol. The molecule has 0 unspecified atom stereocenters. The molecule has 3 nitrogen and oxygen atoms in total. The third kappa shape index (κ3) is 5.97. The first-order valence-electron chi connectivity index (χ1n) is 5.50. The summed E-state index contributed by atoms with van der Waals surface area (Å²) in [6.07, 6.45) is 5.12. The van der Waals surface area contributed by atoms with E-state index in [1.54, 1.807) is 23.9 Å². The predicted octanol–water partition coefficient (Wildman–Crippen LogP) is 2.23. The molecule has 0 heterocycles. The lowest BCUT2D eigenvalue weighted by Gasteiger charge is -2.07. The van der Waals surface area contributed by atoms with Crippen LogP contribution in [0.1, 0.15) is 0 Å². The van der Waals surface area contributed by atoms with Gasteiger partial charge in [-0.2, -0.15) is 0 Å². The van der Waals surface area contributed by atoms with Crippen molar-refractivity contribution < 1.29 is 4.79 Å². The van der Waals surface area contributed by atoms with Gasteiger partial charge in [0.2, 0.25) is 5.91 Å². The molecule has 0 saturated heterocycles. The minimum Gasteiger partial charge on any atom is -0.324 e. The van der Waals surface area contributed by atoms with Crippen LogP contribution in [0.2, 0.25) is 5.02 Å². The molecule has 0 spiro atoms. The summed E-state index contributed by atoms with van der Waals surface area (Å²) in [5.74, 6) is 4.04. The summed E-state index contributed by atoms with van der Waals surface area (Å²) >= 11 is 7.59. The second kappa shape index (κ2) is 8.87. The zero-order valence-electron chi connectivity index (χ0n) is 9.91. The maximum absolute atomic E-state index is 11.6. The smallest absolute Gasteiger partial charge is 0.238 e. The van der Waals surface area contributed by atoms with E-state index in [2.05, 4.69) is 16.6 Å². The lowest BCUT2D eigenvalue weighted by Crippen LogP contribution is -2.29. The fourth-order valence-corrected chi connectivity index (χ4v) is 1.97. The van der Waals surface area contributed by atoms with Crippen LogP contribution in [0.25, 0.3) is 0 Å². The van der Waals surface area contributed by atoms with Gasteiger partial charge in [0, 0.05) is 12.3 Å². The molecule has 0 radical (unpaired) electrons. The Labute approximate surface area is 117 Å². The monoisotopic (exact) mass is 282 g/mol. The minimum absolute atomic E-state index is 0.106. The van der Waals surface area contributed by atoms with Crippen LogP contribution in [0.15, 0.2) is 24.3 Å². The van der Waals surface area contributed by atoms with Crippen molar-refractivity contribution in [3.05, 3.63) is 29.3 Å². The molecule has 0 fully saturated rings. The summed E-state index contributed by atoms with van der Waals surface area (Å²) in [6, 6.07) is 7.15. The van der Waals surface area contributed by atoms with Crippen LogP contribution < -0.4 is 10.6 Å². The Morgan fingerprint density at radius 1 is 1.44 bits per heavy atom. The molecule has 5 heteroatoms. The average molecular weight is 283 g/mol. The summed E-state index contributed by atoms with van der Waals surface area (Å²) in [6.45, 7) is 1.02. The number of thioether (sulfide) groups is 1. The summed E-state index contributed by atoms with van der Waals surface area (Å²) in [5.41, 5.74) is 0.632. The van der Waals surface area contributed by atoms with Crippen molar-refractivity contribution in [1.29, 1.82) is 0 Å². The Balaban J connectivity index is 2.19. The highest BCUT2D eigenvalue weighted by Crippen LogP contribution is 2.19. The van der Waals surface area contributed by atoms with Crippen molar-refractivity contribution in [1.82, 2.24) is 5.32 Å². The zero-order chi connectivity index (χ0) is 13.2. The van der Waals surface area contributed by atoms with Crippen LogP contribution in [0.4, 0.5) is 5.69 Å². The van der Waals surface area contributed by atoms with E-state index < -0.39 is 0 Å². The summed E-state index contributed by atoms with van der Waals surface area (Å²) in [4.78, 5) is 11.6. The Morgan fingerprint density at radius 2 is 2.22 bits per heavy atom. The van der Waals surface area contributed by atoms with Gasteiger partial charge in [-0.05, 0) is 12.1 Å². The first kappa shape index (κ1) is 14.9. The Kier molecular flexibility index (Phi) is 7.35. The molecule has 2 N–H and O–H groups in total. The van der Waals surface area contributed by atoms with Gasteiger partial charge >= 0.3 is 0 Å². The van der Waals surface area contributed by atoms with Gasteiger partial charge in [0.1, 0.15) is 0 Å². The number of carbonyl (C=O) groups is 1. The Hall–Kier alpha value is -1.15. The van der Waals surface area contributed by atoms with Gasteiger partial charge in [-0.1, -0.05) is 29.7 Å². The van der Waals surface area contributed by atoms with Gasteiger partial charge in [0.25, 0.3) is 0 Å². The highest BCUT2D eigenvalue weighted by molar-refractivity contribution is 7.99. The molecule has 0 atom stereocenters. The van der Waals surface area contributed by atoms with Crippen LogP contribution >= 0.6 is 23.4 Å². The van der Waals surface area contributed by atoms with E-state index in [0.29, 0.717) is 16.5 Å². The van der Waals surface area contributed by atoms with Gasteiger partial charge in [-0.25, -0.2) is 0 Å². The molecule has 1 amide bonds. The van der Waals surface area contributed by atoms with Crippen LogP contribution in [-0.2, 0) is 4.79 Å². The second-order valence-corrected chi connectivity index (χ2v) is 4.97. The second-order valence-electron chi connectivity index (χ2n) is 3.46. The minimum atomic E-state index is -0.106. The molecular weight excluding hydrogens is 268 g/mol. The summed E-state index contributed by atoms with van der Waals surface area (Å²) in [7, 11) is 0. The van der Waals surface area contributed by atoms with Crippen molar-refractivity contribution in [2.24, 2.45) is 0 Å². The van der Waals surface area contributed by atoms with Crippen molar-refractivity contribution in [3.8, 4) is 12.3 Å². The van der Waals surface area contributed by atoms with Crippen LogP contribution in [0.3, 0.4) is 0 Å². The first-order chi connectivity index (χ1) is 8.74. The third-order valence-electron chi connectivity index (χ3n) is 2.04. The average Bonchev–Trinajstić information content (AvgIpc) is 2.36. The number of amides is 1. The highest BCUT2D eigenvalue weighted by Gasteiger charge is 2.04. The van der Waals surface area contributed by atoms with E-state index in [0.717, 1.165) is 12.3 Å². The lowest BCUT2D eigenvalue weighted by atomic mass is 10.3. The SMILES string of the molecule is C#CCSCCNCC(=O)Nc1ccccc1Cl. The molecule has 0 saturated carbocycles. The van der Waals surface area contributed by atoms with E-state index in [1.807, 2.05) is 12.1 Å². The zero-order valence-corrected chi connectivity index (χ0v) is 11.5. The number of carbonyl (C=O) groups excluding carboxylic acids is 1. The highest BCUT2D eigenvalue weighted by atomic mass is 35.5. The number of anilines is 1. The molecule has 0 aliphatic carbocycles. The number of halogens is 1. The van der Waals surface area contributed by atoms with E-state index >= 15 is 0 Å². The number of hydrogen-bond acceptors (Lipinski definition) is 3. The topological polar surface area (TPSA) is 41.1 Å². The fraction of sp³-hybridized carbons (Fsp3) is 0.308. The number of hydrogen-bond donors (Lipinski definition) is 2. The molecule has 0 aromatic heterocycles. The van der Waals surface area contributed by atoms with Crippen LogP contribution in [-0.4, -0.2) is 30.5 Å². The summed E-state index contributed by atoms with van der Waals surface area (Å²) in [5, 5.41) is 6.32. The summed E-state index contributed by atoms with van der Waals surface area (Å²) < 4.78 is 0. The molecule has 0 aliphatic rings. The van der Waals surface area contributed by atoms with Crippen LogP contribution in [0.5, 0.6) is 0 Å². The Morgan fingerprint density at radius 3 is 2.94 bits per heavy atom. The normalized spacial score (nSPS) is 9.78. The number of para-hydroxylation sites is 1. The largest absolute Gasteiger partial charge is 0.324 e. The molecule has 1 aromatic carbocycles. The standard InChI is InChI=1S/C13H15ClN2OS/c1-2-8-18-9-7-15-10-13(17)16-12-6-4-3-5-11(12)14/h1,3-6,15H,7-10H2,(H,16,17). The molecule has 1 rings (SSSR count). The number of nitrogens with one attached hydrogen (secondary N) is 2. The van der Waals surface area contributed by atoms with E-state index in [1.165, 1.54) is 0 Å². The van der Waals surface area contributed by atoms with Crippen molar-refractivity contribution in [3.63, 3.8) is 0 Å². The molecule has 96 valence electrons. The van der Waals surface area contributed by atoms with Crippen molar-refractivity contribution >= 4 is 35.0 Å². The Bertz CT molecular complexity index is 431. The number of terminal acetylenes is 1. The quantitative estimate of drug-likeness (QED) is 0.595. The van der Waals surface area contributed by atoms with Gasteiger partial charge in [-0.3, -0.25) is 4.79 Å². The van der Waals surface area contributed by atoms with Gasteiger partial charge in [0.15, 0.2) is 0 Å².